The lowest BCUT2D eigenvalue weighted by Gasteiger charge is -2.27. The Morgan fingerprint density at radius 1 is 1.25 bits per heavy atom. The first kappa shape index (κ1) is 17.7. The maximum absolute atomic E-state index is 12.6. The highest BCUT2D eigenvalue weighted by Gasteiger charge is 2.28. The van der Waals surface area contributed by atoms with Crippen LogP contribution in [0.25, 0.3) is 0 Å². The van der Waals surface area contributed by atoms with Gasteiger partial charge in [0.2, 0.25) is 10.0 Å². The minimum Gasteiger partial charge on any atom is -0.493 e. The van der Waals surface area contributed by atoms with E-state index in [0.29, 0.717) is 6.54 Å². The van der Waals surface area contributed by atoms with E-state index in [-0.39, 0.29) is 11.3 Å². The van der Waals surface area contributed by atoms with E-state index in [0.717, 1.165) is 56.4 Å². The molecule has 1 unspecified atom stereocenters. The quantitative estimate of drug-likeness (QED) is 0.854. The summed E-state index contributed by atoms with van der Waals surface area (Å²) >= 11 is 0. The number of sulfonamides is 1. The second-order valence-electron chi connectivity index (χ2n) is 7.10. The molecule has 134 valence electrons. The van der Waals surface area contributed by atoms with Crippen LogP contribution in [0.5, 0.6) is 5.75 Å². The molecule has 1 aromatic carbocycles. The third kappa shape index (κ3) is 3.92. The Morgan fingerprint density at radius 3 is 2.71 bits per heavy atom. The van der Waals surface area contributed by atoms with E-state index in [4.69, 9.17) is 4.74 Å². The maximum atomic E-state index is 12.6. The van der Waals surface area contributed by atoms with E-state index < -0.39 is 10.0 Å². The fraction of sp³-hybridized carbons (Fsp3) is 0.667. The molecule has 1 saturated carbocycles. The van der Waals surface area contributed by atoms with E-state index in [9.17, 15) is 8.42 Å². The molecule has 0 radical (unpaired) electrons. The molecule has 1 heterocycles. The minimum absolute atomic E-state index is 0.0225. The Balaban J connectivity index is 1.70. The lowest BCUT2D eigenvalue weighted by atomic mass is 10.0. The third-order valence-electron chi connectivity index (χ3n) is 5.19. The van der Waals surface area contributed by atoms with Crippen LogP contribution in [0.2, 0.25) is 0 Å². The van der Waals surface area contributed by atoms with Crippen molar-refractivity contribution in [2.24, 2.45) is 0 Å². The van der Waals surface area contributed by atoms with E-state index in [1.165, 1.54) is 5.56 Å². The number of hydrogen-bond acceptors (Lipinski definition) is 4. The summed E-state index contributed by atoms with van der Waals surface area (Å²) in [5.74, 6) is 0.957. The first-order valence-electron chi connectivity index (χ1n) is 8.88. The van der Waals surface area contributed by atoms with Gasteiger partial charge in [0, 0.05) is 19.0 Å². The molecule has 1 aliphatic carbocycles. The summed E-state index contributed by atoms with van der Waals surface area (Å²) in [6.07, 6.45) is 5.71. The van der Waals surface area contributed by atoms with Crippen LogP contribution in [-0.4, -0.2) is 45.8 Å². The predicted octanol–water partition coefficient (Wildman–Crippen LogP) is 2.48. The van der Waals surface area contributed by atoms with Crippen LogP contribution < -0.4 is 9.46 Å². The van der Waals surface area contributed by atoms with Crippen LogP contribution in [0.15, 0.2) is 18.2 Å². The Kier molecular flexibility index (Phi) is 5.47. The van der Waals surface area contributed by atoms with E-state index >= 15 is 0 Å². The SMILES string of the molecule is CN(C)C(CNS(=O)(=O)C1CCCCC1)c1ccc2c(c1)CCO2. The van der Waals surface area contributed by atoms with Crippen LogP contribution in [0.3, 0.4) is 0 Å². The van der Waals surface area contributed by atoms with Crippen LogP contribution in [0, 0.1) is 0 Å². The van der Waals surface area contributed by atoms with Crippen LogP contribution >= 0.6 is 0 Å². The first-order chi connectivity index (χ1) is 11.5. The summed E-state index contributed by atoms with van der Waals surface area (Å²) in [5, 5.41) is -0.220. The van der Waals surface area contributed by atoms with Gasteiger partial charge in [-0.3, -0.25) is 0 Å². The summed E-state index contributed by atoms with van der Waals surface area (Å²) in [5.41, 5.74) is 2.35. The minimum atomic E-state index is -3.23. The number of hydrogen-bond donors (Lipinski definition) is 1. The highest BCUT2D eigenvalue weighted by atomic mass is 32.2. The summed E-state index contributed by atoms with van der Waals surface area (Å²) < 4.78 is 33.6. The monoisotopic (exact) mass is 352 g/mol. The molecule has 1 aromatic rings. The molecule has 5 nitrogen and oxygen atoms in total. The van der Waals surface area contributed by atoms with Gasteiger partial charge in [-0.05, 0) is 44.1 Å². The smallest absolute Gasteiger partial charge is 0.214 e. The zero-order chi connectivity index (χ0) is 17.2. The van der Waals surface area contributed by atoms with Crippen molar-refractivity contribution in [2.45, 2.75) is 49.8 Å². The predicted molar refractivity (Wildman–Crippen MR) is 95.9 cm³/mol. The molecule has 0 aromatic heterocycles. The third-order valence-corrected chi connectivity index (χ3v) is 7.11. The molecule has 2 aliphatic rings. The average Bonchev–Trinajstić information content (AvgIpc) is 3.03. The number of rotatable bonds is 6. The Morgan fingerprint density at radius 2 is 2.00 bits per heavy atom. The molecule has 0 amide bonds. The van der Waals surface area contributed by atoms with Gasteiger partial charge in [-0.1, -0.05) is 31.4 Å². The van der Waals surface area contributed by atoms with Gasteiger partial charge in [0.1, 0.15) is 5.75 Å². The zero-order valence-corrected chi connectivity index (χ0v) is 15.4. The second-order valence-corrected chi connectivity index (χ2v) is 9.14. The molecule has 1 atom stereocenters. The molecular weight excluding hydrogens is 324 g/mol. The second kappa shape index (κ2) is 7.42. The molecule has 0 bridgehead atoms. The molecule has 1 fully saturated rings. The van der Waals surface area contributed by atoms with Gasteiger partial charge in [0.15, 0.2) is 0 Å². The fourth-order valence-corrected chi connectivity index (χ4v) is 5.28. The largest absolute Gasteiger partial charge is 0.493 e. The molecule has 3 rings (SSSR count). The lowest BCUT2D eigenvalue weighted by molar-refractivity contribution is 0.298. The molecule has 0 saturated heterocycles. The highest BCUT2D eigenvalue weighted by Crippen LogP contribution is 2.30. The number of nitrogens with one attached hydrogen (secondary N) is 1. The first-order valence-corrected chi connectivity index (χ1v) is 10.4. The Bertz CT molecular complexity index is 667. The van der Waals surface area contributed by atoms with Crippen molar-refractivity contribution >= 4 is 10.0 Å². The molecule has 0 spiro atoms. The van der Waals surface area contributed by atoms with Crippen LogP contribution in [0.4, 0.5) is 0 Å². The van der Waals surface area contributed by atoms with Crippen molar-refractivity contribution in [2.75, 3.05) is 27.2 Å². The van der Waals surface area contributed by atoms with Gasteiger partial charge in [0.25, 0.3) is 0 Å². The Hall–Kier alpha value is -1.11. The number of fused-ring (bicyclic) bond motifs is 1. The van der Waals surface area contributed by atoms with Gasteiger partial charge in [-0.2, -0.15) is 0 Å². The van der Waals surface area contributed by atoms with Crippen molar-refractivity contribution in [3.05, 3.63) is 29.3 Å². The zero-order valence-electron chi connectivity index (χ0n) is 14.6. The van der Waals surface area contributed by atoms with Crippen LogP contribution in [-0.2, 0) is 16.4 Å². The van der Waals surface area contributed by atoms with E-state index in [1.807, 2.05) is 26.2 Å². The van der Waals surface area contributed by atoms with Crippen molar-refractivity contribution in [1.29, 1.82) is 0 Å². The molecule has 24 heavy (non-hydrogen) atoms. The molecule has 1 aliphatic heterocycles. The van der Waals surface area contributed by atoms with Crippen molar-refractivity contribution in [3.63, 3.8) is 0 Å². The Labute approximate surface area is 145 Å². The highest BCUT2D eigenvalue weighted by molar-refractivity contribution is 7.90. The summed E-state index contributed by atoms with van der Waals surface area (Å²) in [6.45, 7) is 1.14. The number of likely N-dealkylation sites (N-methyl/N-ethyl adjacent to an activating group) is 1. The van der Waals surface area contributed by atoms with Gasteiger partial charge < -0.3 is 9.64 Å². The van der Waals surface area contributed by atoms with Crippen molar-refractivity contribution in [3.8, 4) is 5.75 Å². The van der Waals surface area contributed by atoms with Gasteiger partial charge in [-0.25, -0.2) is 13.1 Å². The maximum Gasteiger partial charge on any atom is 0.214 e. The van der Waals surface area contributed by atoms with Crippen molar-refractivity contribution in [1.82, 2.24) is 9.62 Å². The molecule has 6 heteroatoms. The standard InChI is InChI=1S/C18H28N2O3S/c1-20(2)17(14-8-9-18-15(12-14)10-11-23-18)13-19-24(21,22)16-6-4-3-5-7-16/h8-9,12,16-17,19H,3-7,10-11,13H2,1-2H3. The topological polar surface area (TPSA) is 58.6 Å². The fourth-order valence-electron chi connectivity index (χ4n) is 3.70. The van der Waals surface area contributed by atoms with E-state index in [1.54, 1.807) is 0 Å². The number of nitrogens with zero attached hydrogens (tertiary/aromatic N) is 1. The van der Waals surface area contributed by atoms with Crippen molar-refractivity contribution < 1.29 is 13.2 Å². The summed E-state index contributed by atoms with van der Waals surface area (Å²) in [7, 11) is 0.746. The lowest BCUT2D eigenvalue weighted by Crippen LogP contribution is -2.40. The molecular formula is C18H28N2O3S. The van der Waals surface area contributed by atoms with Crippen LogP contribution in [0.1, 0.15) is 49.3 Å². The number of benzene rings is 1. The molecule has 1 N–H and O–H groups in total. The van der Waals surface area contributed by atoms with E-state index in [2.05, 4.69) is 15.7 Å². The average molecular weight is 353 g/mol. The normalized spacial score (nSPS) is 20.0. The van der Waals surface area contributed by atoms with Gasteiger partial charge in [-0.15, -0.1) is 0 Å². The van der Waals surface area contributed by atoms with Gasteiger partial charge in [0.05, 0.1) is 11.9 Å². The van der Waals surface area contributed by atoms with Gasteiger partial charge >= 0.3 is 0 Å². The summed E-state index contributed by atoms with van der Waals surface area (Å²) in [4.78, 5) is 2.07. The summed E-state index contributed by atoms with van der Waals surface area (Å²) in [6, 6.07) is 6.23. The number of ether oxygens (including phenoxy) is 1.